The van der Waals surface area contributed by atoms with Crippen LogP contribution in [0.25, 0.3) is 0 Å². The van der Waals surface area contributed by atoms with Gasteiger partial charge in [-0.05, 0) is 62.8 Å². The van der Waals surface area contributed by atoms with Crippen molar-refractivity contribution < 1.29 is 19.2 Å². The van der Waals surface area contributed by atoms with Gasteiger partial charge < -0.3 is 10.6 Å². The molecule has 8 nitrogen and oxygen atoms in total. The van der Waals surface area contributed by atoms with E-state index in [1.165, 1.54) is 12.8 Å². The number of rotatable bonds is 4. The molecule has 1 aromatic rings. The highest BCUT2D eigenvalue weighted by molar-refractivity contribution is 6.23. The van der Waals surface area contributed by atoms with Crippen molar-refractivity contribution in [2.75, 3.05) is 11.9 Å². The van der Waals surface area contributed by atoms with E-state index in [0.29, 0.717) is 23.2 Å². The average Bonchev–Trinajstić information content (AvgIpc) is 3.52. The van der Waals surface area contributed by atoms with Gasteiger partial charge in [-0.3, -0.25) is 29.4 Å². The lowest BCUT2D eigenvalue weighted by atomic mass is 9.95. The summed E-state index contributed by atoms with van der Waals surface area (Å²) in [4.78, 5) is 50.2. The summed E-state index contributed by atoms with van der Waals surface area (Å²) in [6, 6.07) is 5.16. The summed E-state index contributed by atoms with van der Waals surface area (Å²) in [5.41, 5.74) is 1.44. The molecule has 1 aromatic carbocycles. The van der Waals surface area contributed by atoms with Gasteiger partial charge in [0, 0.05) is 24.2 Å². The van der Waals surface area contributed by atoms with E-state index in [0.717, 1.165) is 35.9 Å². The van der Waals surface area contributed by atoms with E-state index in [9.17, 15) is 19.2 Å². The Kier molecular flexibility index (Phi) is 4.38. The van der Waals surface area contributed by atoms with Gasteiger partial charge in [-0.25, -0.2) is 0 Å². The molecule has 0 bridgehead atoms. The van der Waals surface area contributed by atoms with Crippen LogP contribution in [0.2, 0.25) is 0 Å². The van der Waals surface area contributed by atoms with Gasteiger partial charge in [0.05, 0.1) is 11.1 Å². The highest BCUT2D eigenvalue weighted by atomic mass is 16.2. The molecule has 29 heavy (non-hydrogen) atoms. The van der Waals surface area contributed by atoms with Crippen LogP contribution in [-0.2, 0) is 9.59 Å². The van der Waals surface area contributed by atoms with Gasteiger partial charge in [0.1, 0.15) is 6.04 Å². The van der Waals surface area contributed by atoms with Crippen LogP contribution in [0.5, 0.6) is 0 Å². The molecule has 4 amide bonds. The van der Waals surface area contributed by atoms with Crippen molar-refractivity contribution in [1.82, 2.24) is 15.5 Å². The first-order valence-corrected chi connectivity index (χ1v) is 10.4. The second kappa shape index (κ2) is 6.95. The molecule has 3 fully saturated rings. The van der Waals surface area contributed by atoms with Gasteiger partial charge in [-0.15, -0.1) is 0 Å². The lowest BCUT2D eigenvalue weighted by Gasteiger charge is -2.31. The Labute approximate surface area is 168 Å². The van der Waals surface area contributed by atoms with Gasteiger partial charge in [-0.2, -0.15) is 0 Å². The summed E-state index contributed by atoms with van der Waals surface area (Å²) < 4.78 is 0. The Balaban J connectivity index is 1.33. The zero-order valence-corrected chi connectivity index (χ0v) is 16.1. The predicted molar refractivity (Wildman–Crippen MR) is 104 cm³/mol. The smallest absolute Gasteiger partial charge is 0.262 e. The Morgan fingerprint density at radius 1 is 0.966 bits per heavy atom. The number of piperidine rings is 2. The molecule has 3 atom stereocenters. The standard InChI is InChI=1S/C21H24N4O4/c26-18-6-5-17(19(27)24-18)25-20(28)14-4-3-12(9-15(14)21(25)29)23-13-7-8-22-16(10-13)11-1-2-11/h3-4,9,11,13,16-17,22-23H,1-2,5-8,10H2,(H,24,26,27). The predicted octanol–water partition coefficient (Wildman–Crippen LogP) is 1.03. The van der Waals surface area contributed by atoms with Gasteiger partial charge in [0.15, 0.2) is 0 Å². The molecular weight excluding hydrogens is 372 g/mol. The van der Waals surface area contributed by atoms with Crippen molar-refractivity contribution in [1.29, 1.82) is 0 Å². The lowest BCUT2D eigenvalue weighted by molar-refractivity contribution is -0.136. The number of carbonyl (C=O) groups is 4. The maximum absolute atomic E-state index is 12.9. The van der Waals surface area contributed by atoms with E-state index in [4.69, 9.17) is 0 Å². The fraction of sp³-hybridized carbons (Fsp3) is 0.524. The SMILES string of the molecule is O=C1CCC(N2C(=O)c3ccc(NC4CCNC(C5CC5)C4)cc3C2=O)C(=O)N1. The van der Waals surface area contributed by atoms with Crippen LogP contribution >= 0.6 is 0 Å². The third-order valence-corrected chi connectivity index (χ3v) is 6.44. The molecule has 3 unspecified atom stereocenters. The molecule has 3 heterocycles. The van der Waals surface area contributed by atoms with Crippen molar-refractivity contribution in [3.63, 3.8) is 0 Å². The first-order valence-electron chi connectivity index (χ1n) is 10.4. The van der Waals surface area contributed by atoms with Gasteiger partial charge in [0.2, 0.25) is 11.8 Å². The summed E-state index contributed by atoms with van der Waals surface area (Å²) in [7, 11) is 0. The van der Waals surface area contributed by atoms with Gasteiger partial charge in [0.25, 0.3) is 11.8 Å². The van der Waals surface area contributed by atoms with Crippen LogP contribution in [0.3, 0.4) is 0 Å². The molecule has 1 saturated carbocycles. The van der Waals surface area contributed by atoms with E-state index in [1.54, 1.807) is 12.1 Å². The zero-order valence-electron chi connectivity index (χ0n) is 16.1. The van der Waals surface area contributed by atoms with E-state index in [1.807, 2.05) is 6.07 Å². The number of hydrogen-bond donors (Lipinski definition) is 3. The molecule has 3 aliphatic heterocycles. The molecule has 8 heteroatoms. The second-order valence-electron chi connectivity index (χ2n) is 8.47. The summed E-state index contributed by atoms with van der Waals surface area (Å²) >= 11 is 0. The van der Waals surface area contributed by atoms with Crippen LogP contribution in [0, 0.1) is 5.92 Å². The summed E-state index contributed by atoms with van der Waals surface area (Å²) in [6.45, 7) is 0.977. The third-order valence-electron chi connectivity index (χ3n) is 6.44. The van der Waals surface area contributed by atoms with E-state index in [-0.39, 0.29) is 18.7 Å². The normalized spacial score (nSPS) is 29.7. The Hall–Kier alpha value is -2.74. The largest absolute Gasteiger partial charge is 0.382 e. The number of fused-ring (bicyclic) bond motifs is 1. The molecule has 3 N–H and O–H groups in total. The van der Waals surface area contributed by atoms with Crippen LogP contribution in [-0.4, -0.2) is 53.2 Å². The van der Waals surface area contributed by atoms with Crippen molar-refractivity contribution >= 4 is 29.3 Å². The Morgan fingerprint density at radius 2 is 1.76 bits per heavy atom. The minimum Gasteiger partial charge on any atom is -0.382 e. The maximum atomic E-state index is 12.9. The zero-order chi connectivity index (χ0) is 20.1. The molecule has 0 aromatic heterocycles. The Bertz CT molecular complexity index is 910. The third kappa shape index (κ3) is 3.31. The highest BCUT2D eigenvalue weighted by Gasteiger charge is 2.44. The van der Waals surface area contributed by atoms with Crippen molar-refractivity contribution in [3.05, 3.63) is 29.3 Å². The minimum absolute atomic E-state index is 0.120. The Morgan fingerprint density at radius 3 is 2.52 bits per heavy atom. The van der Waals surface area contributed by atoms with Crippen molar-refractivity contribution in [2.45, 2.75) is 56.7 Å². The van der Waals surface area contributed by atoms with Crippen LogP contribution in [0.15, 0.2) is 18.2 Å². The van der Waals surface area contributed by atoms with Crippen LogP contribution in [0.4, 0.5) is 5.69 Å². The number of hydrogen-bond acceptors (Lipinski definition) is 6. The summed E-state index contributed by atoms with van der Waals surface area (Å²) in [5, 5.41) is 9.33. The summed E-state index contributed by atoms with van der Waals surface area (Å²) in [5.74, 6) is -1.11. The fourth-order valence-corrected chi connectivity index (χ4v) is 4.74. The number of carbonyl (C=O) groups excluding carboxylic acids is 4. The van der Waals surface area contributed by atoms with Crippen LogP contribution < -0.4 is 16.0 Å². The maximum Gasteiger partial charge on any atom is 0.262 e. The number of nitrogens with one attached hydrogen (secondary N) is 3. The van der Waals surface area contributed by atoms with Crippen LogP contribution in [0.1, 0.15) is 59.2 Å². The van der Waals surface area contributed by atoms with Crippen molar-refractivity contribution in [3.8, 4) is 0 Å². The summed E-state index contributed by atoms with van der Waals surface area (Å²) in [6.07, 6.45) is 4.95. The monoisotopic (exact) mass is 396 g/mol. The molecule has 4 aliphatic rings. The first-order chi connectivity index (χ1) is 14.0. The average molecular weight is 396 g/mol. The quantitative estimate of drug-likeness (QED) is 0.656. The minimum atomic E-state index is -0.930. The molecule has 5 rings (SSSR count). The second-order valence-corrected chi connectivity index (χ2v) is 8.47. The lowest BCUT2D eigenvalue weighted by Crippen LogP contribution is -2.54. The fourth-order valence-electron chi connectivity index (χ4n) is 4.74. The van der Waals surface area contributed by atoms with E-state index < -0.39 is 23.8 Å². The molecule has 2 saturated heterocycles. The number of nitrogens with zero attached hydrogens (tertiary/aromatic N) is 1. The molecule has 0 spiro atoms. The first kappa shape index (κ1) is 18.3. The number of anilines is 1. The number of benzene rings is 1. The number of imide groups is 2. The molecule has 1 aliphatic carbocycles. The number of amides is 4. The van der Waals surface area contributed by atoms with E-state index >= 15 is 0 Å². The van der Waals surface area contributed by atoms with Gasteiger partial charge >= 0.3 is 0 Å². The van der Waals surface area contributed by atoms with Crippen molar-refractivity contribution in [2.24, 2.45) is 5.92 Å². The van der Waals surface area contributed by atoms with Gasteiger partial charge in [-0.1, -0.05) is 0 Å². The molecule has 0 radical (unpaired) electrons. The highest BCUT2D eigenvalue weighted by Crippen LogP contribution is 2.36. The molecular formula is C21H24N4O4. The topological polar surface area (TPSA) is 108 Å². The van der Waals surface area contributed by atoms with E-state index in [2.05, 4.69) is 16.0 Å². The molecule has 152 valence electrons.